The third-order valence-corrected chi connectivity index (χ3v) is 4.01. The Labute approximate surface area is 113 Å². The fourth-order valence-electron chi connectivity index (χ4n) is 2.31. The summed E-state index contributed by atoms with van der Waals surface area (Å²) in [4.78, 5) is 0. The molecule has 0 radical (unpaired) electrons. The zero-order valence-electron chi connectivity index (χ0n) is 10.8. The first-order chi connectivity index (χ1) is 8.76. The molecule has 1 aliphatic heterocycles. The average Bonchev–Trinajstić information content (AvgIpc) is 2.46. The molecule has 18 heavy (non-hydrogen) atoms. The minimum absolute atomic E-state index is 0.0326. The molecule has 4 heteroatoms. The summed E-state index contributed by atoms with van der Waals surface area (Å²) in [6.45, 7) is 1.60. The van der Waals surface area contributed by atoms with E-state index in [-0.39, 0.29) is 5.38 Å². The van der Waals surface area contributed by atoms with E-state index in [0.29, 0.717) is 5.92 Å². The van der Waals surface area contributed by atoms with Crippen LogP contribution in [-0.2, 0) is 4.74 Å². The maximum atomic E-state index is 6.59. The number of ether oxygens (including phenoxy) is 3. The summed E-state index contributed by atoms with van der Waals surface area (Å²) in [5.74, 6) is 2.02. The monoisotopic (exact) mass is 270 g/mol. The largest absolute Gasteiger partial charge is 0.497 e. The summed E-state index contributed by atoms with van der Waals surface area (Å²) in [7, 11) is 3.30. The summed E-state index contributed by atoms with van der Waals surface area (Å²) < 4.78 is 16.0. The highest BCUT2D eigenvalue weighted by Crippen LogP contribution is 2.40. The van der Waals surface area contributed by atoms with Gasteiger partial charge in [0.2, 0.25) is 0 Å². The first-order valence-corrected chi connectivity index (χ1v) is 6.63. The van der Waals surface area contributed by atoms with E-state index in [9.17, 15) is 0 Å². The van der Waals surface area contributed by atoms with Gasteiger partial charge in [0.1, 0.15) is 11.5 Å². The van der Waals surface area contributed by atoms with Gasteiger partial charge in [0, 0.05) is 24.8 Å². The van der Waals surface area contributed by atoms with Crippen LogP contribution in [0.1, 0.15) is 23.8 Å². The number of halogens is 1. The van der Waals surface area contributed by atoms with Gasteiger partial charge in [-0.3, -0.25) is 0 Å². The lowest BCUT2D eigenvalue weighted by molar-refractivity contribution is 0.0649. The van der Waals surface area contributed by atoms with E-state index in [4.69, 9.17) is 25.8 Å². The standard InChI is InChI=1S/C14H19ClO3/c1-16-11-3-4-12(13(9-11)17-2)14(15)10-5-7-18-8-6-10/h3-4,9-10,14H,5-8H2,1-2H3. The normalized spacial score (nSPS) is 18.4. The molecule has 0 aliphatic carbocycles. The van der Waals surface area contributed by atoms with Gasteiger partial charge in [-0.25, -0.2) is 0 Å². The molecule has 100 valence electrons. The number of methoxy groups -OCH3 is 2. The second-order valence-corrected chi connectivity index (χ2v) is 4.93. The number of benzene rings is 1. The van der Waals surface area contributed by atoms with E-state index < -0.39 is 0 Å². The summed E-state index contributed by atoms with van der Waals surface area (Å²) in [5, 5.41) is -0.0326. The van der Waals surface area contributed by atoms with Crippen LogP contribution in [0.3, 0.4) is 0 Å². The zero-order chi connectivity index (χ0) is 13.0. The smallest absolute Gasteiger partial charge is 0.127 e. The quantitative estimate of drug-likeness (QED) is 0.785. The molecular weight excluding hydrogens is 252 g/mol. The van der Waals surface area contributed by atoms with E-state index in [1.54, 1.807) is 14.2 Å². The number of alkyl halides is 1. The predicted octanol–water partition coefficient (Wildman–Crippen LogP) is 3.41. The molecule has 1 fully saturated rings. The van der Waals surface area contributed by atoms with E-state index in [1.165, 1.54) is 0 Å². The number of hydrogen-bond acceptors (Lipinski definition) is 3. The van der Waals surface area contributed by atoms with Crippen molar-refractivity contribution in [3.8, 4) is 11.5 Å². The predicted molar refractivity (Wildman–Crippen MR) is 71.7 cm³/mol. The van der Waals surface area contributed by atoms with Crippen molar-refractivity contribution < 1.29 is 14.2 Å². The van der Waals surface area contributed by atoms with Crippen molar-refractivity contribution in [2.45, 2.75) is 18.2 Å². The van der Waals surface area contributed by atoms with Crippen molar-refractivity contribution in [1.82, 2.24) is 0 Å². The van der Waals surface area contributed by atoms with Crippen molar-refractivity contribution >= 4 is 11.6 Å². The molecule has 0 saturated carbocycles. The molecule has 1 unspecified atom stereocenters. The molecule has 3 nitrogen and oxygen atoms in total. The fraction of sp³-hybridized carbons (Fsp3) is 0.571. The molecule has 1 aliphatic rings. The van der Waals surface area contributed by atoms with Gasteiger partial charge in [0.05, 0.1) is 19.6 Å². The summed E-state index contributed by atoms with van der Waals surface area (Å²) >= 11 is 6.59. The van der Waals surface area contributed by atoms with Gasteiger partial charge in [0.25, 0.3) is 0 Å². The molecule has 0 spiro atoms. The second kappa shape index (κ2) is 6.30. The van der Waals surface area contributed by atoms with Gasteiger partial charge in [0.15, 0.2) is 0 Å². The van der Waals surface area contributed by atoms with Crippen molar-refractivity contribution in [3.63, 3.8) is 0 Å². The third kappa shape index (κ3) is 2.90. The summed E-state index contributed by atoms with van der Waals surface area (Å²) in [6.07, 6.45) is 2.01. The first kappa shape index (κ1) is 13.5. The lowest BCUT2D eigenvalue weighted by atomic mass is 9.91. The van der Waals surface area contributed by atoms with Crippen LogP contribution >= 0.6 is 11.6 Å². The third-order valence-electron chi connectivity index (χ3n) is 3.42. The summed E-state index contributed by atoms with van der Waals surface area (Å²) in [5.41, 5.74) is 1.03. The Morgan fingerprint density at radius 3 is 2.56 bits per heavy atom. The van der Waals surface area contributed by atoms with Crippen molar-refractivity contribution in [2.24, 2.45) is 5.92 Å². The van der Waals surface area contributed by atoms with E-state index in [2.05, 4.69) is 0 Å². The van der Waals surface area contributed by atoms with Crippen LogP contribution in [-0.4, -0.2) is 27.4 Å². The van der Waals surface area contributed by atoms with Crippen LogP contribution in [0.2, 0.25) is 0 Å². The van der Waals surface area contributed by atoms with Crippen molar-refractivity contribution in [3.05, 3.63) is 23.8 Å². The zero-order valence-corrected chi connectivity index (χ0v) is 11.6. The van der Waals surface area contributed by atoms with Crippen LogP contribution in [0.25, 0.3) is 0 Å². The van der Waals surface area contributed by atoms with E-state index in [0.717, 1.165) is 43.1 Å². The molecule has 0 amide bonds. The molecule has 2 rings (SSSR count). The van der Waals surface area contributed by atoms with Gasteiger partial charge in [-0.2, -0.15) is 0 Å². The van der Waals surface area contributed by atoms with Gasteiger partial charge in [-0.05, 0) is 24.8 Å². The molecule has 1 saturated heterocycles. The van der Waals surface area contributed by atoms with Gasteiger partial charge in [-0.1, -0.05) is 6.07 Å². The topological polar surface area (TPSA) is 27.7 Å². The fourth-order valence-corrected chi connectivity index (χ4v) is 2.74. The molecule has 0 N–H and O–H groups in total. The molecule has 0 aromatic heterocycles. The Morgan fingerprint density at radius 1 is 1.22 bits per heavy atom. The highest BCUT2D eigenvalue weighted by atomic mass is 35.5. The highest BCUT2D eigenvalue weighted by molar-refractivity contribution is 6.21. The Hall–Kier alpha value is -0.930. The first-order valence-electron chi connectivity index (χ1n) is 6.20. The molecule has 0 bridgehead atoms. The number of hydrogen-bond donors (Lipinski definition) is 0. The van der Waals surface area contributed by atoms with Crippen LogP contribution < -0.4 is 9.47 Å². The van der Waals surface area contributed by atoms with Gasteiger partial charge < -0.3 is 14.2 Å². The van der Waals surface area contributed by atoms with Crippen LogP contribution in [0.5, 0.6) is 11.5 Å². The van der Waals surface area contributed by atoms with Crippen molar-refractivity contribution in [1.29, 1.82) is 0 Å². The maximum absolute atomic E-state index is 6.59. The van der Waals surface area contributed by atoms with Crippen LogP contribution in [0.15, 0.2) is 18.2 Å². The molecule has 1 atom stereocenters. The van der Waals surface area contributed by atoms with Crippen LogP contribution in [0.4, 0.5) is 0 Å². The second-order valence-electron chi connectivity index (χ2n) is 4.46. The minimum atomic E-state index is -0.0326. The Balaban J connectivity index is 2.20. The summed E-state index contributed by atoms with van der Waals surface area (Å²) in [6, 6.07) is 5.79. The molecule has 1 aromatic rings. The van der Waals surface area contributed by atoms with E-state index in [1.807, 2.05) is 18.2 Å². The minimum Gasteiger partial charge on any atom is -0.497 e. The Bertz CT molecular complexity index is 389. The van der Waals surface area contributed by atoms with Gasteiger partial charge >= 0.3 is 0 Å². The van der Waals surface area contributed by atoms with E-state index >= 15 is 0 Å². The highest BCUT2D eigenvalue weighted by Gasteiger charge is 2.26. The van der Waals surface area contributed by atoms with Gasteiger partial charge in [-0.15, -0.1) is 11.6 Å². The lowest BCUT2D eigenvalue weighted by Gasteiger charge is -2.27. The SMILES string of the molecule is COc1ccc(C(Cl)C2CCOCC2)c(OC)c1. The number of rotatable bonds is 4. The Kier molecular flexibility index (Phi) is 4.72. The maximum Gasteiger partial charge on any atom is 0.127 e. The molecule has 1 heterocycles. The Morgan fingerprint density at radius 2 is 1.94 bits per heavy atom. The van der Waals surface area contributed by atoms with Crippen molar-refractivity contribution in [2.75, 3.05) is 27.4 Å². The molecule has 1 aromatic carbocycles. The molecular formula is C14H19ClO3. The average molecular weight is 271 g/mol. The lowest BCUT2D eigenvalue weighted by Crippen LogP contribution is -2.19. The van der Waals surface area contributed by atoms with Crippen LogP contribution in [0, 0.1) is 5.92 Å².